The first-order chi connectivity index (χ1) is 9.50. The molecule has 1 heterocycles. The molecule has 2 N–H and O–H groups in total. The van der Waals surface area contributed by atoms with Gasteiger partial charge >= 0.3 is 12.2 Å². The van der Waals surface area contributed by atoms with Crippen LogP contribution < -0.4 is 0 Å². The standard InChI is InChI=1S/C13H14N2O5/c16-11(9-4-2-1-3-5-9)10-8-14(12(17)18)6-7-15(10)13(19)20/h1-5,10H,6-8H2,(H,17,18)(H,19,20)/t10-/m1/s1. The van der Waals surface area contributed by atoms with E-state index in [0.717, 1.165) is 9.80 Å². The number of carbonyl (C=O) groups excluding carboxylic acids is 1. The maximum Gasteiger partial charge on any atom is 0.408 e. The monoisotopic (exact) mass is 278 g/mol. The lowest BCUT2D eigenvalue weighted by Crippen LogP contribution is -2.58. The second-order valence-corrected chi connectivity index (χ2v) is 4.45. The summed E-state index contributed by atoms with van der Waals surface area (Å²) in [6, 6.07) is 7.27. The van der Waals surface area contributed by atoms with Gasteiger partial charge in [-0.15, -0.1) is 0 Å². The van der Waals surface area contributed by atoms with Gasteiger partial charge in [-0.05, 0) is 0 Å². The molecule has 0 spiro atoms. The minimum absolute atomic E-state index is 0.00905. The van der Waals surface area contributed by atoms with Gasteiger partial charge in [0.05, 0.1) is 6.54 Å². The van der Waals surface area contributed by atoms with Gasteiger partial charge in [0.15, 0.2) is 5.78 Å². The van der Waals surface area contributed by atoms with E-state index < -0.39 is 18.2 Å². The van der Waals surface area contributed by atoms with E-state index in [-0.39, 0.29) is 25.4 Å². The van der Waals surface area contributed by atoms with Crippen molar-refractivity contribution in [2.45, 2.75) is 6.04 Å². The molecule has 7 heteroatoms. The summed E-state index contributed by atoms with van der Waals surface area (Å²) in [6.07, 6.45) is -2.37. The molecule has 0 aromatic heterocycles. The predicted molar refractivity (Wildman–Crippen MR) is 68.9 cm³/mol. The summed E-state index contributed by atoms with van der Waals surface area (Å²) in [7, 11) is 0. The van der Waals surface area contributed by atoms with Crippen LogP contribution in [-0.2, 0) is 0 Å². The number of amides is 2. The van der Waals surface area contributed by atoms with Gasteiger partial charge in [-0.25, -0.2) is 9.59 Å². The van der Waals surface area contributed by atoms with Crippen LogP contribution in [-0.4, -0.2) is 63.7 Å². The summed E-state index contributed by atoms with van der Waals surface area (Å²) in [6.45, 7) is -0.0829. The fraction of sp³-hybridized carbons (Fsp3) is 0.308. The maximum absolute atomic E-state index is 12.4. The topological polar surface area (TPSA) is 98.2 Å². The van der Waals surface area contributed by atoms with Crippen LogP contribution in [0.25, 0.3) is 0 Å². The number of nitrogens with zero attached hydrogens (tertiary/aromatic N) is 2. The molecule has 0 radical (unpaired) electrons. The molecular formula is C13H14N2O5. The average molecular weight is 278 g/mol. The van der Waals surface area contributed by atoms with Crippen molar-refractivity contribution < 1.29 is 24.6 Å². The quantitative estimate of drug-likeness (QED) is 0.792. The Labute approximate surface area is 115 Å². The number of Topliss-reactive ketones (excluding diaryl/α,β-unsaturated/α-hetero) is 1. The lowest BCUT2D eigenvalue weighted by molar-refractivity contribution is 0.0525. The lowest BCUT2D eigenvalue weighted by atomic mass is 10.0. The molecule has 1 aliphatic rings. The number of rotatable bonds is 2. The van der Waals surface area contributed by atoms with Gasteiger partial charge in [0.1, 0.15) is 6.04 Å². The molecule has 2 amide bonds. The fourth-order valence-electron chi connectivity index (χ4n) is 2.20. The minimum Gasteiger partial charge on any atom is -0.465 e. The Morgan fingerprint density at radius 1 is 1.00 bits per heavy atom. The van der Waals surface area contributed by atoms with Crippen molar-refractivity contribution in [2.24, 2.45) is 0 Å². The van der Waals surface area contributed by atoms with Gasteiger partial charge in [0, 0.05) is 18.7 Å². The zero-order chi connectivity index (χ0) is 14.7. The molecule has 0 aliphatic carbocycles. The Morgan fingerprint density at radius 3 is 2.20 bits per heavy atom. The molecule has 0 bridgehead atoms. The number of hydrogen-bond donors (Lipinski definition) is 2. The first kappa shape index (κ1) is 13.9. The third-order valence-corrected chi connectivity index (χ3v) is 3.26. The smallest absolute Gasteiger partial charge is 0.408 e. The summed E-state index contributed by atoms with van der Waals surface area (Å²) in [5, 5.41) is 18.1. The zero-order valence-corrected chi connectivity index (χ0v) is 10.6. The molecule has 0 unspecified atom stereocenters. The number of ketones is 1. The Bertz CT molecular complexity index is 531. The number of carbonyl (C=O) groups is 3. The van der Waals surface area contributed by atoms with E-state index in [2.05, 4.69) is 0 Å². The normalized spacial score (nSPS) is 18.7. The first-order valence-electron chi connectivity index (χ1n) is 6.07. The van der Waals surface area contributed by atoms with Crippen LogP contribution in [0.1, 0.15) is 10.4 Å². The van der Waals surface area contributed by atoms with Crippen LogP contribution in [0.2, 0.25) is 0 Å². The van der Waals surface area contributed by atoms with Crippen LogP contribution in [0.15, 0.2) is 30.3 Å². The molecule has 1 saturated heterocycles. The third kappa shape index (κ3) is 2.71. The molecule has 106 valence electrons. The van der Waals surface area contributed by atoms with Crippen molar-refractivity contribution in [1.82, 2.24) is 9.80 Å². The fourth-order valence-corrected chi connectivity index (χ4v) is 2.20. The van der Waals surface area contributed by atoms with E-state index in [1.54, 1.807) is 30.3 Å². The minimum atomic E-state index is -1.22. The van der Waals surface area contributed by atoms with E-state index in [1.165, 1.54) is 0 Å². The number of hydrogen-bond acceptors (Lipinski definition) is 3. The van der Waals surface area contributed by atoms with E-state index in [4.69, 9.17) is 10.2 Å². The van der Waals surface area contributed by atoms with Gasteiger partial charge in [-0.2, -0.15) is 0 Å². The molecule has 0 saturated carbocycles. The van der Waals surface area contributed by atoms with Crippen molar-refractivity contribution in [3.05, 3.63) is 35.9 Å². The summed E-state index contributed by atoms with van der Waals surface area (Å²) in [5.74, 6) is -0.390. The highest BCUT2D eigenvalue weighted by atomic mass is 16.4. The average Bonchev–Trinajstić information content (AvgIpc) is 2.46. The number of benzene rings is 1. The zero-order valence-electron chi connectivity index (χ0n) is 10.6. The predicted octanol–water partition coefficient (Wildman–Crippen LogP) is 1.21. The Balaban J connectivity index is 2.25. The summed E-state index contributed by atoms with van der Waals surface area (Å²) in [5.41, 5.74) is 0.371. The highest BCUT2D eigenvalue weighted by Crippen LogP contribution is 2.15. The largest absolute Gasteiger partial charge is 0.465 e. The SMILES string of the molecule is O=C(c1ccccc1)[C@H]1CN(C(=O)O)CCN1C(=O)O. The van der Waals surface area contributed by atoms with Crippen molar-refractivity contribution in [1.29, 1.82) is 0 Å². The van der Waals surface area contributed by atoms with Gasteiger partial charge in [-0.1, -0.05) is 30.3 Å². The van der Waals surface area contributed by atoms with Crippen LogP contribution in [0, 0.1) is 0 Å². The van der Waals surface area contributed by atoms with E-state index >= 15 is 0 Å². The van der Waals surface area contributed by atoms with E-state index in [0.29, 0.717) is 5.56 Å². The van der Waals surface area contributed by atoms with Gasteiger partial charge in [0.25, 0.3) is 0 Å². The molecule has 7 nitrogen and oxygen atoms in total. The lowest BCUT2D eigenvalue weighted by Gasteiger charge is -2.37. The van der Waals surface area contributed by atoms with Gasteiger partial charge < -0.3 is 15.1 Å². The highest BCUT2D eigenvalue weighted by molar-refractivity contribution is 6.01. The van der Waals surface area contributed by atoms with E-state index in [9.17, 15) is 14.4 Å². The Morgan fingerprint density at radius 2 is 1.65 bits per heavy atom. The molecule has 1 aromatic rings. The maximum atomic E-state index is 12.4. The molecule has 1 fully saturated rings. The molecule has 1 atom stereocenters. The van der Waals surface area contributed by atoms with Crippen LogP contribution in [0.3, 0.4) is 0 Å². The molecular weight excluding hydrogens is 264 g/mol. The van der Waals surface area contributed by atoms with Crippen LogP contribution in [0.4, 0.5) is 9.59 Å². The first-order valence-corrected chi connectivity index (χ1v) is 6.07. The third-order valence-electron chi connectivity index (χ3n) is 3.26. The van der Waals surface area contributed by atoms with Crippen LogP contribution >= 0.6 is 0 Å². The summed E-state index contributed by atoms with van der Waals surface area (Å²) < 4.78 is 0. The summed E-state index contributed by atoms with van der Waals surface area (Å²) in [4.78, 5) is 36.6. The molecule has 1 aliphatic heterocycles. The van der Waals surface area contributed by atoms with Crippen molar-refractivity contribution in [3.63, 3.8) is 0 Å². The molecule has 1 aromatic carbocycles. The van der Waals surface area contributed by atoms with Crippen LogP contribution in [0.5, 0.6) is 0 Å². The molecule has 2 rings (SSSR count). The van der Waals surface area contributed by atoms with E-state index in [1.807, 2.05) is 0 Å². The Kier molecular flexibility index (Phi) is 3.88. The summed E-state index contributed by atoms with van der Waals surface area (Å²) >= 11 is 0. The van der Waals surface area contributed by atoms with Crippen molar-refractivity contribution in [2.75, 3.05) is 19.6 Å². The number of carboxylic acid groups (broad SMARTS) is 2. The van der Waals surface area contributed by atoms with Crippen molar-refractivity contribution >= 4 is 18.0 Å². The van der Waals surface area contributed by atoms with Gasteiger partial charge in [0.2, 0.25) is 0 Å². The second kappa shape index (κ2) is 5.60. The highest BCUT2D eigenvalue weighted by Gasteiger charge is 2.37. The van der Waals surface area contributed by atoms with Crippen molar-refractivity contribution in [3.8, 4) is 0 Å². The Hall–Kier alpha value is -2.57. The number of piperazine rings is 1. The second-order valence-electron chi connectivity index (χ2n) is 4.45. The van der Waals surface area contributed by atoms with Gasteiger partial charge in [-0.3, -0.25) is 9.69 Å². The molecule has 20 heavy (non-hydrogen) atoms.